The Bertz CT molecular complexity index is 1540. The highest BCUT2D eigenvalue weighted by atomic mass is 32.2. The quantitative estimate of drug-likeness (QED) is 0.444. The van der Waals surface area contributed by atoms with E-state index >= 15 is 0 Å². The first kappa shape index (κ1) is 21.6. The molecule has 0 bridgehead atoms. The van der Waals surface area contributed by atoms with Gasteiger partial charge in [-0.15, -0.1) is 0 Å². The third-order valence-electron chi connectivity index (χ3n) is 6.86. The molecule has 1 amide bonds. The lowest BCUT2D eigenvalue weighted by Gasteiger charge is -2.45. The number of sulfonamides is 1. The van der Waals surface area contributed by atoms with Gasteiger partial charge in [-0.25, -0.2) is 12.7 Å². The lowest BCUT2D eigenvalue weighted by molar-refractivity contribution is -0.122. The molecule has 0 aliphatic carbocycles. The van der Waals surface area contributed by atoms with Crippen molar-refractivity contribution in [2.75, 3.05) is 9.62 Å². The highest BCUT2D eigenvalue weighted by Gasteiger charge is 2.52. The van der Waals surface area contributed by atoms with Crippen LogP contribution in [0.2, 0.25) is 0 Å². The number of pyridine rings is 1. The third kappa shape index (κ3) is 3.34. The molecule has 0 fully saturated rings. The van der Waals surface area contributed by atoms with E-state index in [-0.39, 0.29) is 4.90 Å². The number of nitrogens with zero attached hydrogens (tertiary/aromatic N) is 2. The number of hydrogen-bond donors (Lipinski definition) is 1. The first-order valence-corrected chi connectivity index (χ1v) is 12.9. The summed E-state index contributed by atoms with van der Waals surface area (Å²) in [5, 5.41) is 3.50. The molecule has 0 radical (unpaired) electrons. The Labute approximate surface area is 204 Å². The Morgan fingerprint density at radius 2 is 1.57 bits per heavy atom. The minimum Gasteiger partial charge on any atom is -0.376 e. The standard InChI is InChI=1S/C28H23N3O3S/c1-18-13-15-20(16-14-18)35(33,34)31-23-12-6-5-10-21(23)26-25(28(31)32)24(19-8-3-2-4-9-19)27-22(30-26)11-7-17-29-27/h2-17,24-26,30H,1H3/t24-,25-,26+/m0/s1. The van der Waals surface area contributed by atoms with Gasteiger partial charge in [0.05, 0.1) is 33.9 Å². The first-order chi connectivity index (χ1) is 17.0. The number of amides is 1. The molecule has 3 atom stereocenters. The lowest BCUT2D eigenvalue weighted by atomic mass is 9.71. The maximum absolute atomic E-state index is 14.3. The zero-order valence-corrected chi connectivity index (χ0v) is 19.8. The van der Waals surface area contributed by atoms with Gasteiger partial charge < -0.3 is 5.32 Å². The highest BCUT2D eigenvalue weighted by Crippen LogP contribution is 2.52. The Morgan fingerprint density at radius 3 is 2.34 bits per heavy atom. The van der Waals surface area contributed by atoms with E-state index in [2.05, 4.69) is 10.3 Å². The van der Waals surface area contributed by atoms with E-state index < -0.39 is 33.8 Å². The van der Waals surface area contributed by atoms with Crippen molar-refractivity contribution < 1.29 is 13.2 Å². The predicted octanol–water partition coefficient (Wildman–Crippen LogP) is 5.04. The van der Waals surface area contributed by atoms with Gasteiger partial charge in [-0.1, -0.05) is 66.2 Å². The van der Waals surface area contributed by atoms with Gasteiger partial charge in [-0.05, 0) is 42.8 Å². The number of aromatic nitrogens is 1. The van der Waals surface area contributed by atoms with E-state index in [4.69, 9.17) is 0 Å². The van der Waals surface area contributed by atoms with Crippen molar-refractivity contribution in [1.82, 2.24) is 4.98 Å². The lowest BCUT2D eigenvalue weighted by Crippen LogP contribution is -2.51. The van der Waals surface area contributed by atoms with E-state index in [9.17, 15) is 13.2 Å². The summed E-state index contributed by atoms with van der Waals surface area (Å²) in [7, 11) is -4.14. The average Bonchev–Trinajstić information content (AvgIpc) is 2.88. The minimum atomic E-state index is -4.14. The number of fused-ring (bicyclic) bond motifs is 4. The SMILES string of the molecule is Cc1ccc(S(=O)(=O)N2C(=O)[C@H]3[C@H](c4ccccc4)c4ncccc4N[C@@H]3c3ccccc32)cc1. The zero-order valence-electron chi connectivity index (χ0n) is 19.0. The molecule has 4 aromatic rings. The molecule has 1 N–H and O–H groups in total. The van der Waals surface area contributed by atoms with Crippen LogP contribution in [0.5, 0.6) is 0 Å². The van der Waals surface area contributed by atoms with Crippen molar-refractivity contribution in [3.8, 4) is 0 Å². The van der Waals surface area contributed by atoms with E-state index in [1.54, 1.807) is 42.6 Å². The molecule has 3 aromatic carbocycles. The summed E-state index contributed by atoms with van der Waals surface area (Å²) < 4.78 is 28.8. The minimum absolute atomic E-state index is 0.0863. The topological polar surface area (TPSA) is 79.4 Å². The zero-order chi connectivity index (χ0) is 24.2. The number of rotatable bonds is 3. The van der Waals surface area contributed by atoms with Crippen LogP contribution in [0, 0.1) is 12.8 Å². The molecule has 7 heteroatoms. The second-order valence-electron chi connectivity index (χ2n) is 8.95. The number of carbonyl (C=O) groups excluding carboxylic acids is 1. The Hall–Kier alpha value is -3.97. The van der Waals surface area contributed by atoms with Gasteiger partial charge in [0.2, 0.25) is 5.91 Å². The van der Waals surface area contributed by atoms with Crippen LogP contribution in [0.1, 0.15) is 34.3 Å². The molecule has 0 spiro atoms. The fourth-order valence-corrected chi connectivity index (χ4v) is 6.72. The third-order valence-corrected chi connectivity index (χ3v) is 8.58. The number of carbonyl (C=O) groups is 1. The molecule has 6 rings (SSSR count). The van der Waals surface area contributed by atoms with Crippen molar-refractivity contribution >= 4 is 27.3 Å². The van der Waals surface area contributed by atoms with Crippen LogP contribution in [-0.2, 0) is 14.8 Å². The van der Waals surface area contributed by atoms with Crippen LogP contribution < -0.4 is 9.62 Å². The molecular formula is C28H23N3O3S. The molecule has 174 valence electrons. The number of hydrogen-bond acceptors (Lipinski definition) is 5. The van der Waals surface area contributed by atoms with Gasteiger partial charge in [-0.2, -0.15) is 0 Å². The summed E-state index contributed by atoms with van der Waals surface area (Å²) in [6.45, 7) is 1.89. The molecular weight excluding hydrogens is 458 g/mol. The van der Waals surface area contributed by atoms with Crippen LogP contribution in [0.3, 0.4) is 0 Å². The summed E-state index contributed by atoms with van der Waals surface area (Å²) in [6.07, 6.45) is 1.71. The monoisotopic (exact) mass is 481 g/mol. The second kappa shape index (κ2) is 8.06. The van der Waals surface area contributed by atoms with Gasteiger partial charge in [-0.3, -0.25) is 9.78 Å². The smallest absolute Gasteiger partial charge is 0.270 e. The molecule has 35 heavy (non-hydrogen) atoms. The fraction of sp³-hybridized carbons (Fsp3) is 0.143. The van der Waals surface area contributed by atoms with Gasteiger partial charge in [0.1, 0.15) is 0 Å². The molecule has 0 saturated carbocycles. The van der Waals surface area contributed by atoms with E-state index in [0.29, 0.717) is 5.69 Å². The molecule has 2 aliphatic heterocycles. The summed E-state index contributed by atoms with van der Waals surface area (Å²) in [4.78, 5) is 19.0. The Morgan fingerprint density at radius 1 is 0.857 bits per heavy atom. The van der Waals surface area contributed by atoms with Crippen molar-refractivity contribution in [2.24, 2.45) is 5.92 Å². The van der Waals surface area contributed by atoms with Crippen LogP contribution in [0.4, 0.5) is 11.4 Å². The highest BCUT2D eigenvalue weighted by molar-refractivity contribution is 7.93. The summed E-state index contributed by atoms with van der Waals surface area (Å²) in [6, 6.07) is 27.0. The van der Waals surface area contributed by atoms with Crippen LogP contribution >= 0.6 is 0 Å². The van der Waals surface area contributed by atoms with Crippen molar-refractivity contribution in [2.45, 2.75) is 23.8 Å². The van der Waals surface area contributed by atoms with Gasteiger partial charge in [0.25, 0.3) is 10.0 Å². The van der Waals surface area contributed by atoms with Crippen molar-refractivity contribution in [3.05, 3.63) is 120 Å². The number of aryl methyl sites for hydroxylation is 1. The number of benzene rings is 3. The predicted molar refractivity (Wildman–Crippen MR) is 135 cm³/mol. The largest absolute Gasteiger partial charge is 0.376 e. The van der Waals surface area contributed by atoms with E-state index in [0.717, 1.165) is 32.4 Å². The fourth-order valence-electron chi connectivity index (χ4n) is 5.24. The van der Waals surface area contributed by atoms with Gasteiger partial charge in [0, 0.05) is 17.7 Å². The number of anilines is 2. The number of nitrogens with one attached hydrogen (secondary N) is 1. The second-order valence-corrected chi connectivity index (χ2v) is 10.7. The summed E-state index contributed by atoms with van der Waals surface area (Å²) >= 11 is 0. The Kier molecular flexibility index (Phi) is 4.96. The van der Waals surface area contributed by atoms with Crippen molar-refractivity contribution in [1.29, 1.82) is 0 Å². The molecule has 2 aliphatic rings. The molecule has 6 nitrogen and oxygen atoms in total. The van der Waals surface area contributed by atoms with Gasteiger partial charge in [0.15, 0.2) is 0 Å². The van der Waals surface area contributed by atoms with Crippen LogP contribution in [0.15, 0.2) is 102 Å². The maximum Gasteiger partial charge on any atom is 0.270 e. The maximum atomic E-state index is 14.3. The molecule has 1 aromatic heterocycles. The molecule has 3 heterocycles. The van der Waals surface area contributed by atoms with E-state index in [1.165, 1.54) is 0 Å². The average molecular weight is 482 g/mol. The summed E-state index contributed by atoms with van der Waals surface area (Å²) in [5.74, 6) is -1.57. The normalized spacial score (nSPS) is 20.9. The van der Waals surface area contributed by atoms with Gasteiger partial charge >= 0.3 is 0 Å². The van der Waals surface area contributed by atoms with E-state index in [1.807, 2.05) is 61.5 Å². The summed E-state index contributed by atoms with van der Waals surface area (Å²) in [5.41, 5.74) is 4.59. The Balaban J connectivity index is 1.58. The molecule has 0 saturated heterocycles. The van der Waals surface area contributed by atoms with Crippen molar-refractivity contribution in [3.63, 3.8) is 0 Å². The van der Waals surface area contributed by atoms with Crippen LogP contribution in [-0.4, -0.2) is 19.3 Å². The van der Waals surface area contributed by atoms with Crippen LogP contribution in [0.25, 0.3) is 0 Å². The molecule has 0 unspecified atom stereocenters. The first-order valence-electron chi connectivity index (χ1n) is 11.5. The number of para-hydroxylation sites is 1.